The van der Waals surface area contributed by atoms with Crippen LogP contribution in [0.4, 0.5) is 13.2 Å². The Labute approximate surface area is 149 Å². The van der Waals surface area contributed by atoms with Crippen molar-refractivity contribution in [1.82, 2.24) is 5.48 Å². The van der Waals surface area contributed by atoms with Crippen LogP contribution < -0.4 is 10.2 Å². The molecule has 0 atom stereocenters. The van der Waals surface area contributed by atoms with E-state index in [-0.39, 0.29) is 18.3 Å². The number of hydrogen-bond acceptors (Lipinski definition) is 3. The van der Waals surface area contributed by atoms with E-state index in [0.29, 0.717) is 5.56 Å². The van der Waals surface area contributed by atoms with E-state index in [9.17, 15) is 18.0 Å². The highest BCUT2D eigenvalue weighted by Crippen LogP contribution is 2.23. The summed E-state index contributed by atoms with van der Waals surface area (Å²) in [5, 5.41) is 0. The minimum Gasteiger partial charge on any atom is -0.484 e. The first kappa shape index (κ1) is 19.8. The third kappa shape index (κ3) is 5.77. The van der Waals surface area contributed by atoms with Crippen molar-refractivity contribution in [2.24, 2.45) is 0 Å². The summed E-state index contributed by atoms with van der Waals surface area (Å²) in [4.78, 5) is 17.6. The van der Waals surface area contributed by atoms with Crippen molar-refractivity contribution in [3.63, 3.8) is 0 Å². The van der Waals surface area contributed by atoms with Crippen LogP contribution in [-0.4, -0.2) is 18.7 Å². The lowest BCUT2D eigenvalue weighted by molar-refractivity contribution is -0.153. The number of hydroxylamine groups is 1. The lowest BCUT2D eigenvalue weighted by Gasteiger charge is -2.23. The molecule has 0 saturated carbocycles. The van der Waals surface area contributed by atoms with E-state index in [1.807, 2.05) is 30.3 Å². The molecule has 4 nitrogen and oxygen atoms in total. The van der Waals surface area contributed by atoms with E-state index >= 15 is 0 Å². The van der Waals surface area contributed by atoms with Crippen molar-refractivity contribution in [3.05, 3.63) is 65.7 Å². The predicted octanol–water partition coefficient (Wildman–Crippen LogP) is 4.15. The molecular weight excluding hydrogens is 347 g/mol. The first-order valence-electron chi connectivity index (χ1n) is 7.95. The van der Waals surface area contributed by atoms with Crippen LogP contribution in [0.15, 0.2) is 54.6 Å². The van der Waals surface area contributed by atoms with Crippen molar-refractivity contribution in [2.75, 3.05) is 6.61 Å². The summed E-state index contributed by atoms with van der Waals surface area (Å²) >= 11 is 0. The fraction of sp³-hybridized carbons (Fsp3) is 0.316. The number of carbonyl (C=O) groups is 1. The summed E-state index contributed by atoms with van der Waals surface area (Å²) in [6, 6.07) is 15.3. The van der Waals surface area contributed by atoms with Gasteiger partial charge in [0.15, 0.2) is 6.61 Å². The number of ether oxygens (including phenoxy) is 1. The molecule has 26 heavy (non-hydrogen) atoms. The number of amides is 1. The molecule has 0 spiro atoms. The van der Waals surface area contributed by atoms with Crippen molar-refractivity contribution >= 4 is 5.91 Å². The Hall–Kier alpha value is -2.54. The van der Waals surface area contributed by atoms with Crippen LogP contribution in [0.2, 0.25) is 0 Å². The largest absolute Gasteiger partial charge is 0.484 e. The minimum atomic E-state index is -4.40. The van der Waals surface area contributed by atoms with Gasteiger partial charge in [0.2, 0.25) is 0 Å². The average molecular weight is 367 g/mol. The third-order valence-corrected chi connectivity index (χ3v) is 3.77. The number of benzene rings is 2. The van der Waals surface area contributed by atoms with E-state index in [0.717, 1.165) is 5.56 Å². The molecule has 0 radical (unpaired) electrons. The second kappa shape index (κ2) is 8.23. The van der Waals surface area contributed by atoms with E-state index in [1.54, 1.807) is 26.0 Å². The molecule has 140 valence electrons. The maximum Gasteiger partial charge on any atom is 0.422 e. The zero-order valence-corrected chi connectivity index (χ0v) is 14.5. The van der Waals surface area contributed by atoms with Crippen LogP contribution >= 0.6 is 0 Å². The van der Waals surface area contributed by atoms with Gasteiger partial charge in [-0.15, -0.1) is 0 Å². The lowest BCUT2D eigenvalue weighted by atomic mass is 9.84. The summed E-state index contributed by atoms with van der Waals surface area (Å²) in [6.45, 7) is 2.18. The van der Waals surface area contributed by atoms with Crippen molar-refractivity contribution in [2.45, 2.75) is 32.0 Å². The summed E-state index contributed by atoms with van der Waals surface area (Å²) in [7, 11) is 0. The molecule has 0 aliphatic rings. The maximum atomic E-state index is 12.3. The van der Waals surface area contributed by atoms with Crippen molar-refractivity contribution < 1.29 is 27.5 Å². The van der Waals surface area contributed by atoms with E-state index < -0.39 is 18.2 Å². The molecule has 0 bridgehead atoms. The number of rotatable bonds is 7. The second-order valence-electron chi connectivity index (χ2n) is 6.26. The molecule has 0 aliphatic heterocycles. The van der Waals surface area contributed by atoms with Gasteiger partial charge < -0.3 is 4.74 Å². The van der Waals surface area contributed by atoms with Crippen LogP contribution in [0.25, 0.3) is 0 Å². The van der Waals surface area contributed by atoms with Crippen molar-refractivity contribution in [1.29, 1.82) is 0 Å². The van der Waals surface area contributed by atoms with Crippen molar-refractivity contribution in [3.8, 4) is 5.75 Å². The Morgan fingerprint density at radius 1 is 1.04 bits per heavy atom. The monoisotopic (exact) mass is 367 g/mol. The van der Waals surface area contributed by atoms with Crippen LogP contribution in [-0.2, 0) is 21.7 Å². The van der Waals surface area contributed by atoms with Gasteiger partial charge in [-0.2, -0.15) is 13.2 Å². The molecule has 0 saturated heterocycles. The fourth-order valence-electron chi connectivity index (χ4n) is 2.19. The smallest absolute Gasteiger partial charge is 0.422 e. The van der Waals surface area contributed by atoms with E-state index in [2.05, 4.69) is 10.2 Å². The predicted molar refractivity (Wildman–Crippen MR) is 90.4 cm³/mol. The highest BCUT2D eigenvalue weighted by Gasteiger charge is 2.30. The molecule has 7 heteroatoms. The lowest BCUT2D eigenvalue weighted by Crippen LogP contribution is -2.39. The normalized spacial score (nSPS) is 11.9. The quantitative estimate of drug-likeness (QED) is 0.748. The van der Waals surface area contributed by atoms with E-state index in [4.69, 9.17) is 4.84 Å². The van der Waals surface area contributed by atoms with Gasteiger partial charge in [-0.1, -0.05) is 42.5 Å². The molecule has 0 unspecified atom stereocenters. The molecule has 0 fully saturated rings. The van der Waals surface area contributed by atoms with Gasteiger partial charge in [-0.25, -0.2) is 5.48 Å². The maximum absolute atomic E-state index is 12.3. The molecule has 1 N–H and O–H groups in total. The highest BCUT2D eigenvalue weighted by molar-refractivity contribution is 5.86. The number of carbonyl (C=O) groups excluding carboxylic acids is 1. The van der Waals surface area contributed by atoms with Crippen LogP contribution in [0.1, 0.15) is 25.0 Å². The molecule has 2 aromatic carbocycles. The number of alkyl halides is 3. The Bertz CT molecular complexity index is 730. The van der Waals surface area contributed by atoms with Gasteiger partial charge in [0, 0.05) is 0 Å². The number of nitrogens with one attached hydrogen (secondary N) is 1. The Balaban J connectivity index is 1.88. The molecular formula is C19H20F3NO3. The second-order valence-corrected chi connectivity index (χ2v) is 6.26. The highest BCUT2D eigenvalue weighted by atomic mass is 19.4. The summed E-state index contributed by atoms with van der Waals surface area (Å²) in [5.41, 5.74) is 3.00. The fourth-order valence-corrected chi connectivity index (χ4v) is 2.19. The molecule has 2 rings (SSSR count). The Morgan fingerprint density at radius 2 is 1.73 bits per heavy atom. The van der Waals surface area contributed by atoms with Crippen LogP contribution in [0, 0.1) is 0 Å². The zero-order valence-electron chi connectivity index (χ0n) is 14.5. The van der Waals surface area contributed by atoms with Gasteiger partial charge >= 0.3 is 6.18 Å². The molecule has 2 aromatic rings. The molecule has 0 aromatic heterocycles. The summed E-state index contributed by atoms with van der Waals surface area (Å²) < 4.78 is 41.2. The summed E-state index contributed by atoms with van der Waals surface area (Å²) in [5.74, 6) is -0.243. The SMILES string of the molecule is CC(C)(C(=O)NOCc1cccc(OCC(F)(F)F)c1)c1ccccc1. The van der Waals surface area contributed by atoms with Gasteiger partial charge in [0.25, 0.3) is 5.91 Å². The standard InChI is InChI=1S/C19H20F3NO3/c1-18(2,15-8-4-3-5-9-15)17(24)23-26-12-14-7-6-10-16(11-14)25-13-19(20,21)22/h3-11H,12-13H2,1-2H3,(H,23,24). The summed E-state index contributed by atoms with van der Waals surface area (Å²) in [6.07, 6.45) is -4.40. The van der Waals surface area contributed by atoms with Gasteiger partial charge in [-0.3, -0.25) is 9.63 Å². The molecule has 1 amide bonds. The molecule has 0 aliphatic carbocycles. The van der Waals surface area contributed by atoms with Crippen LogP contribution in [0.3, 0.4) is 0 Å². The number of halogens is 3. The van der Waals surface area contributed by atoms with Gasteiger partial charge in [0.1, 0.15) is 5.75 Å². The first-order valence-corrected chi connectivity index (χ1v) is 7.95. The first-order chi connectivity index (χ1) is 12.2. The Kier molecular flexibility index (Phi) is 6.26. The van der Waals surface area contributed by atoms with E-state index in [1.165, 1.54) is 12.1 Å². The molecule has 0 heterocycles. The average Bonchev–Trinajstić information content (AvgIpc) is 2.60. The van der Waals surface area contributed by atoms with Gasteiger partial charge in [-0.05, 0) is 37.1 Å². The minimum absolute atomic E-state index is 0.000171. The zero-order chi connectivity index (χ0) is 19.2. The number of hydrogen-bond donors (Lipinski definition) is 1. The van der Waals surface area contributed by atoms with Gasteiger partial charge in [0.05, 0.1) is 12.0 Å². The third-order valence-electron chi connectivity index (χ3n) is 3.77. The van der Waals surface area contributed by atoms with Crippen LogP contribution in [0.5, 0.6) is 5.75 Å². The Morgan fingerprint density at radius 3 is 2.38 bits per heavy atom. The topological polar surface area (TPSA) is 47.6 Å².